The van der Waals surface area contributed by atoms with Crippen molar-refractivity contribution in [2.75, 3.05) is 19.0 Å². The molecule has 0 aliphatic carbocycles. The van der Waals surface area contributed by atoms with E-state index in [-0.39, 0.29) is 30.7 Å². The number of hydrogen-bond donors (Lipinski definition) is 2. The summed E-state index contributed by atoms with van der Waals surface area (Å²) >= 11 is 0. The molecule has 0 radical (unpaired) electrons. The number of nitrogens with one attached hydrogen (secondary N) is 2. The van der Waals surface area contributed by atoms with Crippen molar-refractivity contribution in [2.45, 2.75) is 13.5 Å². The van der Waals surface area contributed by atoms with Gasteiger partial charge in [-0.25, -0.2) is 4.79 Å². The maximum absolute atomic E-state index is 12.7. The van der Waals surface area contributed by atoms with Gasteiger partial charge in [0.1, 0.15) is 11.5 Å². The maximum Gasteiger partial charge on any atom is 0.513 e. The van der Waals surface area contributed by atoms with Crippen LogP contribution in [-0.4, -0.2) is 31.7 Å². The number of para-hydroxylation sites is 1. The Balaban J connectivity index is 1.63. The lowest BCUT2D eigenvalue weighted by Gasteiger charge is -2.13. The lowest BCUT2D eigenvalue weighted by atomic mass is 10.1. The number of rotatable bonds is 8. The molecule has 0 heterocycles. The van der Waals surface area contributed by atoms with Gasteiger partial charge in [0.05, 0.1) is 13.7 Å². The second kappa shape index (κ2) is 11.3. The van der Waals surface area contributed by atoms with E-state index in [9.17, 15) is 14.4 Å². The van der Waals surface area contributed by atoms with Crippen LogP contribution in [-0.2, 0) is 11.3 Å². The van der Waals surface area contributed by atoms with E-state index in [0.717, 1.165) is 5.56 Å². The molecule has 0 unspecified atom stereocenters. The Bertz CT molecular complexity index is 1130. The second-order valence-corrected chi connectivity index (χ2v) is 6.84. The minimum Gasteiger partial charge on any atom is -0.497 e. The first kappa shape index (κ1) is 23.3. The Morgan fingerprint density at radius 3 is 2.30 bits per heavy atom. The highest BCUT2D eigenvalue weighted by Crippen LogP contribution is 2.19. The number of anilines is 1. The fourth-order valence-corrected chi connectivity index (χ4v) is 2.95. The van der Waals surface area contributed by atoms with Gasteiger partial charge < -0.3 is 24.8 Å². The highest BCUT2D eigenvalue weighted by molar-refractivity contribution is 6.04. The molecule has 0 spiro atoms. The summed E-state index contributed by atoms with van der Waals surface area (Å²) in [4.78, 5) is 36.6. The fraction of sp³-hybridized carbons (Fsp3) is 0.160. The van der Waals surface area contributed by atoms with E-state index in [2.05, 4.69) is 10.6 Å². The van der Waals surface area contributed by atoms with Crippen LogP contribution in [0, 0.1) is 0 Å². The van der Waals surface area contributed by atoms with E-state index < -0.39 is 6.16 Å². The van der Waals surface area contributed by atoms with Gasteiger partial charge in [0, 0.05) is 23.4 Å². The molecule has 8 nitrogen and oxygen atoms in total. The van der Waals surface area contributed by atoms with Crippen LogP contribution in [0.4, 0.5) is 10.5 Å². The molecule has 2 N–H and O–H groups in total. The third kappa shape index (κ3) is 6.57. The summed E-state index contributed by atoms with van der Waals surface area (Å²) in [7, 11) is 1.54. The van der Waals surface area contributed by atoms with Gasteiger partial charge in [0.2, 0.25) is 0 Å². The summed E-state index contributed by atoms with van der Waals surface area (Å²) in [6, 6.07) is 20.1. The van der Waals surface area contributed by atoms with E-state index in [0.29, 0.717) is 22.6 Å². The van der Waals surface area contributed by atoms with Crippen molar-refractivity contribution in [1.29, 1.82) is 0 Å². The van der Waals surface area contributed by atoms with E-state index in [1.807, 2.05) is 12.1 Å². The van der Waals surface area contributed by atoms with Gasteiger partial charge in [-0.1, -0.05) is 24.3 Å². The average Bonchev–Trinajstić information content (AvgIpc) is 2.84. The predicted octanol–water partition coefficient (Wildman–Crippen LogP) is 4.41. The van der Waals surface area contributed by atoms with Crippen LogP contribution in [0.5, 0.6) is 11.5 Å². The summed E-state index contributed by atoms with van der Waals surface area (Å²) in [6.45, 7) is 2.11. The smallest absolute Gasteiger partial charge is 0.497 e. The summed E-state index contributed by atoms with van der Waals surface area (Å²) in [5.74, 6) is 0.260. The molecule has 0 bridgehead atoms. The molecule has 0 saturated carbocycles. The van der Waals surface area contributed by atoms with Gasteiger partial charge >= 0.3 is 6.16 Å². The molecule has 2 amide bonds. The molecule has 3 aromatic carbocycles. The SMILES string of the molecule is CCOC(=O)Oc1ccc(C(=O)Nc2ccccc2CNC(=O)c2cccc(OC)c2)cc1. The Labute approximate surface area is 191 Å². The van der Waals surface area contributed by atoms with Crippen LogP contribution in [0.1, 0.15) is 33.2 Å². The van der Waals surface area contributed by atoms with E-state index >= 15 is 0 Å². The monoisotopic (exact) mass is 448 g/mol. The van der Waals surface area contributed by atoms with Crippen LogP contribution >= 0.6 is 0 Å². The number of hydrogen-bond acceptors (Lipinski definition) is 6. The summed E-state index contributed by atoms with van der Waals surface area (Å²) in [5.41, 5.74) is 2.16. The third-order valence-corrected chi connectivity index (χ3v) is 4.62. The van der Waals surface area contributed by atoms with Gasteiger partial charge in [0.25, 0.3) is 11.8 Å². The molecule has 0 aliphatic heterocycles. The van der Waals surface area contributed by atoms with Gasteiger partial charge in [-0.2, -0.15) is 0 Å². The molecule has 170 valence electrons. The largest absolute Gasteiger partial charge is 0.513 e. The number of ether oxygens (including phenoxy) is 3. The molecule has 3 aromatic rings. The van der Waals surface area contributed by atoms with Crippen LogP contribution in [0.25, 0.3) is 0 Å². The molecule has 0 saturated heterocycles. The van der Waals surface area contributed by atoms with Crippen LogP contribution in [0.2, 0.25) is 0 Å². The quantitative estimate of drug-likeness (QED) is 0.391. The minimum absolute atomic E-state index is 0.207. The van der Waals surface area contributed by atoms with Gasteiger partial charge in [0.15, 0.2) is 0 Å². The van der Waals surface area contributed by atoms with Crippen LogP contribution < -0.4 is 20.1 Å². The highest BCUT2D eigenvalue weighted by atomic mass is 16.7. The zero-order valence-electron chi connectivity index (χ0n) is 18.3. The molecule has 0 fully saturated rings. The molecule has 33 heavy (non-hydrogen) atoms. The average molecular weight is 448 g/mol. The van der Waals surface area contributed by atoms with Gasteiger partial charge in [-0.3, -0.25) is 9.59 Å². The lowest BCUT2D eigenvalue weighted by molar-refractivity contribution is 0.0949. The number of benzene rings is 3. The maximum atomic E-state index is 12.7. The number of methoxy groups -OCH3 is 1. The van der Waals surface area contributed by atoms with Crippen molar-refractivity contribution in [3.63, 3.8) is 0 Å². The number of carbonyl (C=O) groups excluding carboxylic acids is 3. The van der Waals surface area contributed by atoms with Crippen molar-refractivity contribution in [2.24, 2.45) is 0 Å². The van der Waals surface area contributed by atoms with Crippen molar-refractivity contribution in [3.8, 4) is 11.5 Å². The fourth-order valence-electron chi connectivity index (χ4n) is 2.95. The molecule has 3 rings (SSSR count). The molecular formula is C25H24N2O6. The zero-order valence-corrected chi connectivity index (χ0v) is 18.3. The Kier molecular flexibility index (Phi) is 8.02. The van der Waals surface area contributed by atoms with Crippen molar-refractivity contribution in [1.82, 2.24) is 5.32 Å². The zero-order chi connectivity index (χ0) is 23.6. The van der Waals surface area contributed by atoms with Crippen LogP contribution in [0.15, 0.2) is 72.8 Å². The first-order valence-electron chi connectivity index (χ1n) is 10.3. The summed E-state index contributed by atoms with van der Waals surface area (Å²) in [6.07, 6.45) is -0.806. The Morgan fingerprint density at radius 2 is 1.58 bits per heavy atom. The standard InChI is InChI=1S/C25H24N2O6/c1-3-32-25(30)33-20-13-11-17(12-14-20)24(29)27-22-10-5-4-7-19(22)16-26-23(28)18-8-6-9-21(15-18)31-2/h4-15H,3,16H2,1-2H3,(H,26,28)(H,27,29). The van der Waals surface area contributed by atoms with E-state index in [1.165, 1.54) is 31.4 Å². The van der Waals surface area contributed by atoms with E-state index in [4.69, 9.17) is 14.2 Å². The molecule has 8 heteroatoms. The molecular weight excluding hydrogens is 424 g/mol. The molecule has 0 atom stereocenters. The van der Waals surface area contributed by atoms with Gasteiger partial charge in [-0.15, -0.1) is 0 Å². The van der Waals surface area contributed by atoms with Crippen molar-refractivity contribution >= 4 is 23.7 Å². The number of carbonyl (C=O) groups is 3. The minimum atomic E-state index is -0.806. The van der Waals surface area contributed by atoms with Crippen molar-refractivity contribution in [3.05, 3.63) is 89.5 Å². The second-order valence-electron chi connectivity index (χ2n) is 6.84. The van der Waals surface area contributed by atoms with Gasteiger partial charge in [-0.05, 0) is 61.0 Å². The first-order valence-corrected chi connectivity index (χ1v) is 10.3. The number of amides is 2. The summed E-state index contributed by atoms with van der Waals surface area (Å²) in [5, 5.41) is 5.70. The Hall–Kier alpha value is -4.33. The lowest BCUT2D eigenvalue weighted by Crippen LogP contribution is -2.24. The molecule has 0 aromatic heterocycles. The highest BCUT2D eigenvalue weighted by Gasteiger charge is 2.12. The predicted molar refractivity (Wildman–Crippen MR) is 123 cm³/mol. The van der Waals surface area contributed by atoms with Crippen LogP contribution in [0.3, 0.4) is 0 Å². The normalized spacial score (nSPS) is 10.1. The third-order valence-electron chi connectivity index (χ3n) is 4.62. The summed E-state index contributed by atoms with van der Waals surface area (Å²) < 4.78 is 14.9. The van der Waals surface area contributed by atoms with Crippen molar-refractivity contribution < 1.29 is 28.6 Å². The van der Waals surface area contributed by atoms with E-state index in [1.54, 1.807) is 43.3 Å². The first-order chi connectivity index (χ1) is 16.0. The Morgan fingerprint density at radius 1 is 0.818 bits per heavy atom. The molecule has 0 aliphatic rings. The topological polar surface area (TPSA) is 103 Å².